The predicted molar refractivity (Wildman–Crippen MR) is 82.8 cm³/mol. The lowest BCUT2D eigenvalue weighted by Gasteiger charge is -2.40. The van der Waals surface area contributed by atoms with Gasteiger partial charge in [-0.2, -0.15) is 0 Å². The van der Waals surface area contributed by atoms with Gasteiger partial charge in [-0.05, 0) is 37.5 Å². The lowest BCUT2D eigenvalue weighted by Crippen LogP contribution is -2.48. The molecule has 1 amide bonds. The quantitative estimate of drug-likeness (QED) is 0.826. The molecule has 0 aromatic heterocycles. The summed E-state index contributed by atoms with van der Waals surface area (Å²) >= 11 is 0. The Morgan fingerprint density at radius 3 is 2.67 bits per heavy atom. The molecule has 1 heterocycles. The van der Waals surface area contributed by atoms with Crippen LogP contribution >= 0.6 is 0 Å². The third-order valence-corrected chi connectivity index (χ3v) is 4.14. The number of likely N-dealkylation sites (tertiary alicyclic amines) is 1. The van der Waals surface area contributed by atoms with E-state index in [9.17, 15) is 4.79 Å². The van der Waals surface area contributed by atoms with Crippen LogP contribution in [-0.4, -0.2) is 36.0 Å². The van der Waals surface area contributed by atoms with Crippen molar-refractivity contribution in [1.82, 2.24) is 4.90 Å². The number of carbonyl (C=O) groups excluding carboxylic acids is 1. The summed E-state index contributed by atoms with van der Waals surface area (Å²) in [6, 6.07) is 8.86. The first-order valence-electron chi connectivity index (χ1n) is 7.56. The Balaban J connectivity index is 1.96. The molecular formula is C16H25N3O2. The number of hydrogen-bond acceptors (Lipinski definition) is 4. The second-order valence-corrected chi connectivity index (χ2v) is 5.74. The van der Waals surface area contributed by atoms with Crippen LogP contribution in [0.2, 0.25) is 0 Å². The maximum Gasteiger partial charge on any atom is 0.255 e. The summed E-state index contributed by atoms with van der Waals surface area (Å²) in [6.07, 6.45) is 3.68. The highest BCUT2D eigenvalue weighted by Gasteiger charge is 2.26. The molecular weight excluding hydrogens is 266 g/mol. The molecule has 2 rings (SSSR count). The Morgan fingerprint density at radius 1 is 1.33 bits per heavy atom. The Labute approximate surface area is 126 Å². The second kappa shape index (κ2) is 7.43. The SMILES string of the molecule is CC1CCCC(CN)N1Cc1ccc(OCC(N)=O)cc1. The molecule has 2 atom stereocenters. The minimum atomic E-state index is -0.466. The van der Waals surface area contributed by atoms with Gasteiger partial charge in [0.05, 0.1) is 0 Å². The number of primary amides is 1. The molecule has 4 N–H and O–H groups in total. The number of hydrogen-bond donors (Lipinski definition) is 2. The Bertz CT molecular complexity index is 461. The van der Waals surface area contributed by atoms with Crippen molar-refractivity contribution in [1.29, 1.82) is 0 Å². The van der Waals surface area contributed by atoms with Gasteiger partial charge >= 0.3 is 0 Å². The van der Waals surface area contributed by atoms with Crippen LogP contribution in [0.4, 0.5) is 0 Å². The zero-order chi connectivity index (χ0) is 15.2. The summed E-state index contributed by atoms with van der Waals surface area (Å²) in [7, 11) is 0. The van der Waals surface area contributed by atoms with Gasteiger partial charge < -0.3 is 16.2 Å². The molecule has 0 bridgehead atoms. The van der Waals surface area contributed by atoms with E-state index in [0.717, 1.165) is 6.54 Å². The smallest absolute Gasteiger partial charge is 0.255 e. The van der Waals surface area contributed by atoms with E-state index in [1.54, 1.807) is 0 Å². The first-order chi connectivity index (χ1) is 10.1. The topological polar surface area (TPSA) is 81.6 Å². The third kappa shape index (κ3) is 4.44. The van der Waals surface area contributed by atoms with E-state index in [-0.39, 0.29) is 6.61 Å². The van der Waals surface area contributed by atoms with Crippen molar-refractivity contribution >= 4 is 5.91 Å². The zero-order valence-corrected chi connectivity index (χ0v) is 12.6. The number of ether oxygens (including phenoxy) is 1. The molecule has 1 aliphatic heterocycles. The average Bonchev–Trinajstić information content (AvgIpc) is 2.48. The minimum Gasteiger partial charge on any atom is -0.484 e. The number of rotatable bonds is 6. The van der Waals surface area contributed by atoms with Gasteiger partial charge in [0.1, 0.15) is 5.75 Å². The fourth-order valence-corrected chi connectivity index (χ4v) is 2.93. The van der Waals surface area contributed by atoms with Crippen molar-refractivity contribution in [2.75, 3.05) is 13.2 Å². The van der Waals surface area contributed by atoms with Crippen LogP contribution in [-0.2, 0) is 11.3 Å². The van der Waals surface area contributed by atoms with Crippen LogP contribution < -0.4 is 16.2 Å². The molecule has 1 aromatic carbocycles. The molecule has 1 fully saturated rings. The van der Waals surface area contributed by atoms with E-state index in [0.29, 0.717) is 24.4 Å². The van der Waals surface area contributed by atoms with Gasteiger partial charge in [-0.15, -0.1) is 0 Å². The number of piperidine rings is 1. The zero-order valence-electron chi connectivity index (χ0n) is 12.6. The van der Waals surface area contributed by atoms with E-state index in [1.165, 1.54) is 24.8 Å². The second-order valence-electron chi connectivity index (χ2n) is 5.74. The van der Waals surface area contributed by atoms with Gasteiger partial charge in [-0.1, -0.05) is 18.6 Å². The predicted octanol–water partition coefficient (Wildman–Crippen LogP) is 1.25. The first-order valence-corrected chi connectivity index (χ1v) is 7.56. The lowest BCUT2D eigenvalue weighted by molar-refractivity contribution is -0.119. The maximum absolute atomic E-state index is 10.7. The van der Waals surface area contributed by atoms with E-state index >= 15 is 0 Å². The molecule has 0 spiro atoms. The van der Waals surface area contributed by atoms with Crippen molar-refractivity contribution < 1.29 is 9.53 Å². The normalized spacial score (nSPS) is 23.0. The van der Waals surface area contributed by atoms with Gasteiger partial charge in [0.15, 0.2) is 6.61 Å². The Hall–Kier alpha value is -1.59. The van der Waals surface area contributed by atoms with Crippen LogP contribution in [0.1, 0.15) is 31.7 Å². The molecule has 116 valence electrons. The van der Waals surface area contributed by atoms with Crippen LogP contribution in [0, 0.1) is 0 Å². The number of nitrogens with zero attached hydrogens (tertiary/aromatic N) is 1. The molecule has 0 radical (unpaired) electrons. The standard InChI is InChI=1S/C16H25N3O2/c1-12-3-2-4-14(9-17)19(12)10-13-5-7-15(8-6-13)21-11-16(18)20/h5-8,12,14H,2-4,9-11,17H2,1H3,(H2,18,20). The minimum absolute atomic E-state index is 0.0856. The number of nitrogens with two attached hydrogens (primary N) is 2. The van der Waals surface area contributed by atoms with Crippen molar-refractivity contribution in [2.45, 2.75) is 44.8 Å². The van der Waals surface area contributed by atoms with Crippen LogP contribution in [0.25, 0.3) is 0 Å². The largest absolute Gasteiger partial charge is 0.484 e. The molecule has 21 heavy (non-hydrogen) atoms. The number of amides is 1. The Morgan fingerprint density at radius 2 is 2.05 bits per heavy atom. The molecule has 0 aliphatic carbocycles. The molecule has 1 aliphatic rings. The third-order valence-electron chi connectivity index (χ3n) is 4.14. The maximum atomic E-state index is 10.7. The van der Waals surface area contributed by atoms with E-state index in [2.05, 4.69) is 11.8 Å². The number of benzene rings is 1. The van der Waals surface area contributed by atoms with Gasteiger partial charge in [-0.25, -0.2) is 0 Å². The summed E-state index contributed by atoms with van der Waals surface area (Å²) in [6.45, 7) is 3.80. The fourth-order valence-electron chi connectivity index (χ4n) is 2.93. The molecule has 1 aromatic rings. The highest BCUT2D eigenvalue weighted by Crippen LogP contribution is 2.25. The fraction of sp³-hybridized carbons (Fsp3) is 0.562. The molecule has 1 saturated heterocycles. The van der Waals surface area contributed by atoms with E-state index < -0.39 is 5.91 Å². The van der Waals surface area contributed by atoms with Gasteiger partial charge in [0, 0.05) is 25.2 Å². The molecule has 0 saturated carbocycles. The van der Waals surface area contributed by atoms with Crippen molar-refractivity contribution in [2.24, 2.45) is 11.5 Å². The molecule has 2 unspecified atom stereocenters. The highest BCUT2D eigenvalue weighted by molar-refractivity contribution is 5.75. The van der Waals surface area contributed by atoms with Crippen LogP contribution in [0.3, 0.4) is 0 Å². The van der Waals surface area contributed by atoms with Gasteiger partial charge in [-0.3, -0.25) is 9.69 Å². The lowest BCUT2D eigenvalue weighted by atomic mass is 9.95. The average molecular weight is 291 g/mol. The van der Waals surface area contributed by atoms with E-state index in [1.807, 2.05) is 24.3 Å². The van der Waals surface area contributed by atoms with Crippen LogP contribution in [0.15, 0.2) is 24.3 Å². The van der Waals surface area contributed by atoms with Gasteiger partial charge in [0.2, 0.25) is 0 Å². The summed E-state index contributed by atoms with van der Waals surface area (Å²) in [4.78, 5) is 13.2. The summed E-state index contributed by atoms with van der Waals surface area (Å²) < 4.78 is 5.27. The van der Waals surface area contributed by atoms with Crippen molar-refractivity contribution in [3.63, 3.8) is 0 Å². The molecule has 5 heteroatoms. The van der Waals surface area contributed by atoms with Crippen molar-refractivity contribution in [3.8, 4) is 5.75 Å². The summed E-state index contributed by atoms with van der Waals surface area (Å²) in [5.41, 5.74) is 12.2. The summed E-state index contributed by atoms with van der Waals surface area (Å²) in [5, 5.41) is 0. The molecule has 5 nitrogen and oxygen atoms in total. The van der Waals surface area contributed by atoms with E-state index in [4.69, 9.17) is 16.2 Å². The number of carbonyl (C=O) groups is 1. The van der Waals surface area contributed by atoms with Crippen LogP contribution in [0.5, 0.6) is 5.75 Å². The van der Waals surface area contributed by atoms with Gasteiger partial charge in [0.25, 0.3) is 5.91 Å². The first kappa shape index (κ1) is 15.8. The Kier molecular flexibility index (Phi) is 5.59. The highest BCUT2D eigenvalue weighted by atomic mass is 16.5. The summed E-state index contributed by atoms with van der Waals surface area (Å²) in [5.74, 6) is 0.201. The van der Waals surface area contributed by atoms with Crippen molar-refractivity contribution in [3.05, 3.63) is 29.8 Å². The monoisotopic (exact) mass is 291 g/mol.